The summed E-state index contributed by atoms with van der Waals surface area (Å²) in [5.41, 5.74) is 1.96. The van der Waals surface area contributed by atoms with Gasteiger partial charge in [0.25, 0.3) is 5.91 Å². The Kier molecular flexibility index (Phi) is 3.64. The van der Waals surface area contributed by atoms with Crippen molar-refractivity contribution in [1.29, 1.82) is 0 Å². The van der Waals surface area contributed by atoms with Crippen molar-refractivity contribution in [1.82, 2.24) is 14.9 Å². The Balaban J connectivity index is 1.90. The molecule has 1 aromatic carbocycles. The molecule has 3 rings (SSSR count). The van der Waals surface area contributed by atoms with Crippen molar-refractivity contribution >= 4 is 5.91 Å². The van der Waals surface area contributed by atoms with E-state index in [4.69, 9.17) is 4.74 Å². The minimum absolute atomic E-state index is 0.0449. The molecule has 0 radical (unpaired) electrons. The van der Waals surface area contributed by atoms with Gasteiger partial charge in [0, 0.05) is 24.0 Å². The minimum atomic E-state index is -0.0449. The number of aromatic amines is 1. The summed E-state index contributed by atoms with van der Waals surface area (Å²) >= 11 is 0. The maximum atomic E-state index is 12.6. The van der Waals surface area contributed by atoms with E-state index in [1.54, 1.807) is 13.3 Å². The third kappa shape index (κ3) is 2.51. The molecule has 0 spiro atoms. The van der Waals surface area contributed by atoms with Crippen molar-refractivity contribution in [2.24, 2.45) is 0 Å². The maximum Gasteiger partial charge on any atom is 0.290 e. The molecule has 2 heterocycles. The molecular weight excluding hydrogens is 266 g/mol. The van der Waals surface area contributed by atoms with E-state index in [0.29, 0.717) is 5.82 Å². The lowest BCUT2D eigenvalue weighted by Gasteiger charge is -2.25. The van der Waals surface area contributed by atoms with Crippen molar-refractivity contribution < 1.29 is 9.53 Å². The van der Waals surface area contributed by atoms with Crippen LogP contribution < -0.4 is 4.74 Å². The van der Waals surface area contributed by atoms with Crippen LogP contribution in [0.25, 0.3) is 0 Å². The highest BCUT2D eigenvalue weighted by atomic mass is 16.5. The van der Waals surface area contributed by atoms with Crippen LogP contribution in [0.2, 0.25) is 0 Å². The van der Waals surface area contributed by atoms with Crippen molar-refractivity contribution in [2.75, 3.05) is 13.7 Å². The van der Waals surface area contributed by atoms with E-state index in [0.717, 1.165) is 36.4 Å². The minimum Gasteiger partial charge on any atom is -0.496 e. The zero-order chi connectivity index (χ0) is 14.8. The Morgan fingerprint density at radius 1 is 1.43 bits per heavy atom. The van der Waals surface area contributed by atoms with Gasteiger partial charge in [-0.1, -0.05) is 18.2 Å². The summed E-state index contributed by atoms with van der Waals surface area (Å²) in [6.07, 6.45) is 3.63. The fourth-order valence-corrected chi connectivity index (χ4v) is 2.93. The number of carbonyl (C=O) groups excluding carboxylic acids is 1. The Bertz CT molecular complexity index is 650. The standard InChI is InChI=1S/C16H19N3O2/c1-11-10-17-15(18-11)16(20)19-9-5-7-13(19)12-6-3-4-8-14(12)21-2/h3-4,6,8,10,13H,5,7,9H2,1-2H3,(H,17,18). The number of carbonyl (C=O) groups is 1. The maximum absolute atomic E-state index is 12.6. The highest BCUT2D eigenvalue weighted by Gasteiger charge is 2.33. The molecule has 1 aliphatic rings. The summed E-state index contributed by atoms with van der Waals surface area (Å²) in [7, 11) is 1.66. The largest absolute Gasteiger partial charge is 0.496 e. The Labute approximate surface area is 124 Å². The molecule has 1 aliphatic heterocycles. The number of methoxy groups -OCH3 is 1. The second kappa shape index (κ2) is 5.60. The predicted molar refractivity (Wildman–Crippen MR) is 79.3 cm³/mol. The molecule has 1 N–H and O–H groups in total. The van der Waals surface area contributed by atoms with Crippen molar-refractivity contribution in [3.63, 3.8) is 0 Å². The molecule has 0 aliphatic carbocycles. The van der Waals surface area contributed by atoms with Crippen LogP contribution in [-0.4, -0.2) is 34.4 Å². The fourth-order valence-electron chi connectivity index (χ4n) is 2.93. The van der Waals surface area contributed by atoms with E-state index in [1.165, 1.54) is 0 Å². The molecule has 2 aromatic rings. The average molecular weight is 285 g/mol. The molecule has 5 heteroatoms. The average Bonchev–Trinajstić information content (AvgIpc) is 3.15. The van der Waals surface area contributed by atoms with E-state index >= 15 is 0 Å². The first-order valence-electron chi connectivity index (χ1n) is 7.16. The van der Waals surface area contributed by atoms with Crippen LogP contribution >= 0.6 is 0 Å². The first-order valence-corrected chi connectivity index (χ1v) is 7.16. The highest BCUT2D eigenvalue weighted by molar-refractivity contribution is 5.91. The topological polar surface area (TPSA) is 58.2 Å². The van der Waals surface area contributed by atoms with E-state index in [9.17, 15) is 4.79 Å². The number of aryl methyl sites for hydroxylation is 1. The molecule has 0 bridgehead atoms. The number of benzene rings is 1. The van der Waals surface area contributed by atoms with Gasteiger partial charge in [-0.25, -0.2) is 4.98 Å². The second-order valence-electron chi connectivity index (χ2n) is 5.31. The summed E-state index contributed by atoms with van der Waals surface area (Å²) < 4.78 is 5.43. The molecule has 1 aromatic heterocycles. The Hall–Kier alpha value is -2.30. The Morgan fingerprint density at radius 3 is 2.95 bits per heavy atom. The van der Waals surface area contributed by atoms with E-state index in [-0.39, 0.29) is 11.9 Å². The third-order valence-electron chi connectivity index (χ3n) is 3.92. The first-order chi connectivity index (χ1) is 10.2. The number of aromatic nitrogens is 2. The number of hydrogen-bond acceptors (Lipinski definition) is 3. The van der Waals surface area contributed by atoms with Crippen LogP contribution in [0, 0.1) is 6.92 Å². The monoisotopic (exact) mass is 285 g/mol. The molecule has 1 saturated heterocycles. The second-order valence-corrected chi connectivity index (χ2v) is 5.31. The van der Waals surface area contributed by atoms with E-state index in [1.807, 2.05) is 36.1 Å². The lowest BCUT2D eigenvalue weighted by Crippen LogP contribution is -2.31. The molecule has 5 nitrogen and oxygen atoms in total. The number of amides is 1. The van der Waals surface area contributed by atoms with Crippen LogP contribution in [0.15, 0.2) is 30.5 Å². The summed E-state index contributed by atoms with van der Waals surface area (Å²) in [6.45, 7) is 2.65. The van der Waals surface area contributed by atoms with Gasteiger partial charge >= 0.3 is 0 Å². The van der Waals surface area contributed by atoms with Crippen molar-refractivity contribution in [3.05, 3.63) is 47.5 Å². The van der Waals surface area contributed by atoms with Gasteiger partial charge in [-0.05, 0) is 25.8 Å². The predicted octanol–water partition coefficient (Wildman–Crippen LogP) is 2.70. The number of rotatable bonds is 3. The summed E-state index contributed by atoms with van der Waals surface area (Å²) in [4.78, 5) is 21.7. The number of ether oxygens (including phenoxy) is 1. The molecule has 0 saturated carbocycles. The van der Waals surface area contributed by atoms with Gasteiger partial charge in [0.2, 0.25) is 0 Å². The van der Waals surface area contributed by atoms with Gasteiger partial charge < -0.3 is 14.6 Å². The van der Waals surface area contributed by atoms with Crippen molar-refractivity contribution in [2.45, 2.75) is 25.8 Å². The Morgan fingerprint density at radius 2 is 2.24 bits per heavy atom. The van der Waals surface area contributed by atoms with Crippen LogP contribution in [0.4, 0.5) is 0 Å². The van der Waals surface area contributed by atoms with Gasteiger partial charge in [-0.15, -0.1) is 0 Å². The zero-order valence-electron chi connectivity index (χ0n) is 12.3. The summed E-state index contributed by atoms with van der Waals surface area (Å²) in [5.74, 6) is 1.20. The summed E-state index contributed by atoms with van der Waals surface area (Å²) in [5, 5.41) is 0. The first kappa shape index (κ1) is 13.7. The van der Waals surface area contributed by atoms with Crippen LogP contribution in [0.1, 0.15) is 40.8 Å². The number of nitrogens with one attached hydrogen (secondary N) is 1. The SMILES string of the molecule is COc1ccccc1C1CCCN1C(=O)c1ncc(C)[nH]1. The van der Waals surface area contributed by atoms with Gasteiger partial charge in [-0.2, -0.15) is 0 Å². The lowest BCUT2D eigenvalue weighted by molar-refractivity contribution is 0.0722. The number of hydrogen-bond donors (Lipinski definition) is 1. The smallest absolute Gasteiger partial charge is 0.290 e. The quantitative estimate of drug-likeness (QED) is 0.943. The molecule has 1 amide bonds. The number of para-hydroxylation sites is 1. The molecular formula is C16H19N3O2. The number of likely N-dealkylation sites (tertiary alicyclic amines) is 1. The molecule has 1 atom stereocenters. The van der Waals surface area contributed by atoms with Gasteiger partial charge in [0.15, 0.2) is 5.82 Å². The molecule has 110 valence electrons. The number of H-pyrrole nitrogens is 1. The molecule has 1 fully saturated rings. The zero-order valence-corrected chi connectivity index (χ0v) is 12.3. The highest BCUT2D eigenvalue weighted by Crippen LogP contribution is 2.37. The van der Waals surface area contributed by atoms with Crippen LogP contribution in [0.5, 0.6) is 5.75 Å². The van der Waals surface area contributed by atoms with Gasteiger partial charge in [0.05, 0.1) is 13.2 Å². The van der Waals surface area contributed by atoms with E-state index < -0.39 is 0 Å². The van der Waals surface area contributed by atoms with Gasteiger partial charge in [0.1, 0.15) is 5.75 Å². The lowest BCUT2D eigenvalue weighted by atomic mass is 10.0. The number of imidazole rings is 1. The number of nitrogens with zero attached hydrogens (tertiary/aromatic N) is 2. The van der Waals surface area contributed by atoms with Crippen LogP contribution in [0.3, 0.4) is 0 Å². The van der Waals surface area contributed by atoms with Gasteiger partial charge in [-0.3, -0.25) is 4.79 Å². The molecule has 21 heavy (non-hydrogen) atoms. The van der Waals surface area contributed by atoms with E-state index in [2.05, 4.69) is 9.97 Å². The summed E-state index contributed by atoms with van der Waals surface area (Å²) in [6, 6.07) is 7.95. The fraction of sp³-hybridized carbons (Fsp3) is 0.375. The molecule has 1 unspecified atom stereocenters. The third-order valence-corrected chi connectivity index (χ3v) is 3.92. The van der Waals surface area contributed by atoms with Crippen LogP contribution in [-0.2, 0) is 0 Å². The van der Waals surface area contributed by atoms with Crippen molar-refractivity contribution in [3.8, 4) is 5.75 Å². The normalized spacial score (nSPS) is 18.0.